The molecule has 2 aromatic heterocycles. The van der Waals surface area contributed by atoms with Gasteiger partial charge in [-0.2, -0.15) is 9.97 Å². The molecule has 0 radical (unpaired) electrons. The summed E-state index contributed by atoms with van der Waals surface area (Å²) in [5.74, 6) is 0.440. The van der Waals surface area contributed by atoms with E-state index in [0.29, 0.717) is 17.0 Å². The molecule has 0 amide bonds. The highest BCUT2D eigenvalue weighted by Crippen LogP contribution is 2.20. The van der Waals surface area contributed by atoms with Gasteiger partial charge in [0.05, 0.1) is 0 Å². The number of benzene rings is 1. The number of nitrogens with two attached hydrogens (primary N) is 2. The number of halogens is 1. The van der Waals surface area contributed by atoms with Gasteiger partial charge in [0.2, 0.25) is 5.95 Å². The van der Waals surface area contributed by atoms with Crippen LogP contribution in [0.5, 0.6) is 0 Å². The topological polar surface area (TPSA) is 95.6 Å². The monoisotopic (exact) mass is 262 g/mol. The van der Waals surface area contributed by atoms with Gasteiger partial charge in [-0.15, -0.1) is 12.4 Å². The molecule has 3 rings (SSSR count). The van der Waals surface area contributed by atoms with Crippen LogP contribution in [0, 0.1) is 0 Å². The summed E-state index contributed by atoms with van der Waals surface area (Å²) in [6, 6.07) is 9.73. The lowest BCUT2D eigenvalue weighted by Crippen LogP contribution is -2.02. The largest absolute Gasteiger partial charge is 0.382 e. The van der Waals surface area contributed by atoms with Crippen molar-refractivity contribution in [2.45, 2.75) is 0 Å². The molecule has 0 bridgehead atoms. The van der Waals surface area contributed by atoms with Gasteiger partial charge >= 0.3 is 0 Å². The minimum absolute atomic E-state index is 0. The predicted molar refractivity (Wildman–Crippen MR) is 72.7 cm³/mol. The summed E-state index contributed by atoms with van der Waals surface area (Å²) < 4.78 is 1.82. The van der Waals surface area contributed by atoms with E-state index in [1.54, 1.807) is 6.33 Å². The fourth-order valence-electron chi connectivity index (χ4n) is 1.72. The first-order chi connectivity index (χ1) is 8.25. The summed E-state index contributed by atoms with van der Waals surface area (Å²) >= 11 is 0. The molecule has 0 fully saturated rings. The second kappa shape index (κ2) is 4.50. The van der Waals surface area contributed by atoms with Crippen LogP contribution < -0.4 is 11.5 Å². The third-order valence-corrected chi connectivity index (χ3v) is 2.47. The Morgan fingerprint density at radius 3 is 2.44 bits per heavy atom. The Balaban J connectivity index is 0.00000120. The maximum Gasteiger partial charge on any atom is 0.224 e. The van der Waals surface area contributed by atoms with Gasteiger partial charge in [-0.1, -0.05) is 18.2 Å². The summed E-state index contributed by atoms with van der Waals surface area (Å²) in [7, 11) is 0. The number of fused-ring (bicyclic) bond motifs is 1. The number of anilines is 2. The predicted octanol–water partition coefficient (Wildman–Crippen LogP) is 1.40. The molecule has 2 heterocycles. The molecule has 0 saturated carbocycles. The molecule has 7 heteroatoms. The zero-order valence-corrected chi connectivity index (χ0v) is 10.1. The van der Waals surface area contributed by atoms with Crippen molar-refractivity contribution in [2.24, 2.45) is 0 Å². The lowest BCUT2D eigenvalue weighted by atomic mass is 10.3. The molecule has 0 saturated heterocycles. The molecule has 1 aromatic carbocycles. The number of hydrogen-bond donors (Lipinski definition) is 2. The Kier molecular flexibility index (Phi) is 3.03. The third kappa shape index (κ3) is 1.82. The summed E-state index contributed by atoms with van der Waals surface area (Å²) in [5, 5.41) is 0. The second-order valence-corrected chi connectivity index (χ2v) is 3.59. The summed E-state index contributed by atoms with van der Waals surface area (Å²) in [4.78, 5) is 12.2. The maximum absolute atomic E-state index is 5.74. The molecule has 92 valence electrons. The molecule has 6 nitrogen and oxygen atoms in total. The second-order valence-electron chi connectivity index (χ2n) is 3.59. The van der Waals surface area contributed by atoms with Gasteiger partial charge in [0, 0.05) is 5.69 Å². The quantitative estimate of drug-likeness (QED) is 0.691. The number of nitrogen functional groups attached to an aromatic ring is 2. The molecule has 0 spiro atoms. The first-order valence-corrected chi connectivity index (χ1v) is 5.07. The van der Waals surface area contributed by atoms with Crippen molar-refractivity contribution >= 4 is 35.3 Å². The van der Waals surface area contributed by atoms with Gasteiger partial charge in [0.1, 0.15) is 6.33 Å². The molecular formula is C11H11ClN6. The van der Waals surface area contributed by atoms with Gasteiger partial charge in [-0.25, -0.2) is 4.98 Å². The van der Waals surface area contributed by atoms with E-state index in [-0.39, 0.29) is 18.4 Å². The lowest BCUT2D eigenvalue weighted by molar-refractivity contribution is 1.06. The zero-order chi connectivity index (χ0) is 11.8. The molecule has 3 aromatic rings. The van der Waals surface area contributed by atoms with Crippen molar-refractivity contribution in [3.05, 3.63) is 36.7 Å². The average molecular weight is 263 g/mol. The van der Waals surface area contributed by atoms with Crippen molar-refractivity contribution < 1.29 is 0 Å². The van der Waals surface area contributed by atoms with E-state index in [9.17, 15) is 0 Å². The Labute approximate surface area is 109 Å². The Morgan fingerprint density at radius 2 is 1.72 bits per heavy atom. The SMILES string of the molecule is Cl.Nc1nc(N)c2ncn(-c3ccccc3)c2n1. The van der Waals surface area contributed by atoms with Crippen LogP contribution in [-0.2, 0) is 0 Å². The standard InChI is InChI=1S/C11H10N6.ClH/c12-9-8-10(16-11(13)15-9)17(6-14-8)7-4-2-1-3-5-7;/h1-6H,(H4,12,13,15,16);1H. The Bertz CT molecular complexity index is 679. The molecule has 4 N–H and O–H groups in total. The first-order valence-electron chi connectivity index (χ1n) is 5.07. The number of rotatable bonds is 1. The van der Waals surface area contributed by atoms with Gasteiger partial charge in [-0.3, -0.25) is 4.57 Å². The van der Waals surface area contributed by atoms with Crippen molar-refractivity contribution in [1.29, 1.82) is 0 Å². The van der Waals surface area contributed by atoms with Crippen LogP contribution in [0.2, 0.25) is 0 Å². The van der Waals surface area contributed by atoms with Crippen LogP contribution in [0.1, 0.15) is 0 Å². The van der Waals surface area contributed by atoms with Crippen molar-refractivity contribution in [2.75, 3.05) is 11.5 Å². The Hall–Kier alpha value is -2.34. The molecule has 0 aliphatic carbocycles. The number of aromatic nitrogens is 4. The fraction of sp³-hybridized carbons (Fsp3) is 0. The smallest absolute Gasteiger partial charge is 0.224 e. The van der Waals surface area contributed by atoms with Crippen LogP contribution in [0.15, 0.2) is 36.7 Å². The average Bonchev–Trinajstić information content (AvgIpc) is 2.74. The summed E-state index contributed by atoms with van der Waals surface area (Å²) in [6.45, 7) is 0. The van der Waals surface area contributed by atoms with E-state index in [4.69, 9.17) is 11.5 Å². The van der Waals surface area contributed by atoms with Crippen LogP contribution in [0.3, 0.4) is 0 Å². The number of hydrogen-bond acceptors (Lipinski definition) is 5. The van der Waals surface area contributed by atoms with Gasteiger partial charge in [0.25, 0.3) is 0 Å². The number of nitrogens with zero attached hydrogens (tertiary/aromatic N) is 4. The fourth-order valence-corrected chi connectivity index (χ4v) is 1.72. The summed E-state index contributed by atoms with van der Waals surface area (Å²) in [6.07, 6.45) is 1.66. The van der Waals surface area contributed by atoms with Gasteiger partial charge < -0.3 is 11.5 Å². The van der Waals surface area contributed by atoms with Crippen molar-refractivity contribution in [3.8, 4) is 5.69 Å². The van der Waals surface area contributed by atoms with E-state index in [1.807, 2.05) is 34.9 Å². The first kappa shape index (κ1) is 12.1. The minimum atomic E-state index is 0. The van der Waals surface area contributed by atoms with Crippen molar-refractivity contribution in [1.82, 2.24) is 19.5 Å². The van der Waals surface area contributed by atoms with Gasteiger partial charge in [0.15, 0.2) is 17.0 Å². The zero-order valence-electron chi connectivity index (χ0n) is 9.32. The maximum atomic E-state index is 5.74. The van der Waals surface area contributed by atoms with E-state index in [2.05, 4.69) is 15.0 Å². The van der Waals surface area contributed by atoms with Crippen LogP contribution in [0.25, 0.3) is 16.9 Å². The highest BCUT2D eigenvalue weighted by atomic mass is 35.5. The molecule has 0 unspecified atom stereocenters. The molecule has 0 aliphatic heterocycles. The van der Waals surface area contributed by atoms with E-state index < -0.39 is 0 Å². The van der Waals surface area contributed by atoms with Gasteiger partial charge in [-0.05, 0) is 12.1 Å². The Morgan fingerprint density at radius 1 is 1.00 bits per heavy atom. The van der Waals surface area contributed by atoms with Crippen molar-refractivity contribution in [3.63, 3.8) is 0 Å². The third-order valence-electron chi connectivity index (χ3n) is 2.47. The number of imidazole rings is 1. The summed E-state index contributed by atoms with van der Waals surface area (Å²) in [5.41, 5.74) is 13.5. The molecule has 0 atom stereocenters. The minimum Gasteiger partial charge on any atom is -0.382 e. The van der Waals surface area contributed by atoms with Crippen LogP contribution in [0.4, 0.5) is 11.8 Å². The van der Waals surface area contributed by atoms with Crippen LogP contribution >= 0.6 is 12.4 Å². The molecular weight excluding hydrogens is 252 g/mol. The van der Waals surface area contributed by atoms with E-state index in [0.717, 1.165) is 5.69 Å². The molecule has 18 heavy (non-hydrogen) atoms. The number of para-hydroxylation sites is 1. The normalized spacial score (nSPS) is 10.2. The van der Waals surface area contributed by atoms with Crippen LogP contribution in [-0.4, -0.2) is 19.5 Å². The lowest BCUT2D eigenvalue weighted by Gasteiger charge is -2.03. The highest BCUT2D eigenvalue weighted by molar-refractivity contribution is 5.85. The molecule has 0 aliphatic rings. The van der Waals surface area contributed by atoms with E-state index >= 15 is 0 Å². The highest BCUT2D eigenvalue weighted by Gasteiger charge is 2.10. The van der Waals surface area contributed by atoms with E-state index in [1.165, 1.54) is 0 Å².